The van der Waals surface area contributed by atoms with Gasteiger partial charge in [-0.2, -0.15) is 5.10 Å². The molecule has 1 aliphatic rings. The van der Waals surface area contributed by atoms with E-state index in [0.29, 0.717) is 6.04 Å². The molecule has 84 valence electrons. The summed E-state index contributed by atoms with van der Waals surface area (Å²) in [6.07, 6.45) is 8.08. The lowest BCUT2D eigenvalue weighted by Crippen LogP contribution is -2.26. The van der Waals surface area contributed by atoms with E-state index in [9.17, 15) is 0 Å². The minimum absolute atomic E-state index is 0.0902. The summed E-state index contributed by atoms with van der Waals surface area (Å²) in [5.74, 6) is 0. The maximum absolute atomic E-state index is 4.44. The van der Waals surface area contributed by atoms with Crippen molar-refractivity contribution >= 4 is 0 Å². The molecule has 3 heteroatoms. The zero-order chi connectivity index (χ0) is 10.9. The first-order valence-electron chi connectivity index (χ1n) is 5.86. The normalized spacial score (nSPS) is 23.0. The van der Waals surface area contributed by atoms with Crippen LogP contribution in [0.3, 0.4) is 0 Å². The predicted molar refractivity (Wildman–Crippen MR) is 61.8 cm³/mol. The molecule has 15 heavy (non-hydrogen) atoms. The van der Waals surface area contributed by atoms with Gasteiger partial charge in [0.15, 0.2) is 0 Å². The third kappa shape index (κ3) is 2.40. The van der Waals surface area contributed by atoms with Gasteiger partial charge in [0.1, 0.15) is 0 Å². The van der Waals surface area contributed by atoms with Gasteiger partial charge in [-0.1, -0.05) is 6.42 Å². The summed E-state index contributed by atoms with van der Waals surface area (Å²) < 4.78 is 2.05. The Hall–Kier alpha value is -0.830. The summed E-state index contributed by atoms with van der Waals surface area (Å²) in [5.41, 5.74) is 1.43. The van der Waals surface area contributed by atoms with Gasteiger partial charge in [0, 0.05) is 17.8 Å². The van der Waals surface area contributed by atoms with Crippen molar-refractivity contribution in [2.45, 2.75) is 51.6 Å². The quantitative estimate of drug-likeness (QED) is 0.766. The van der Waals surface area contributed by atoms with E-state index < -0.39 is 0 Å². The molecule has 1 aliphatic heterocycles. The van der Waals surface area contributed by atoms with Crippen LogP contribution >= 0.6 is 0 Å². The van der Waals surface area contributed by atoms with Crippen LogP contribution in [0.15, 0.2) is 12.4 Å². The van der Waals surface area contributed by atoms with Crippen molar-refractivity contribution in [3.8, 4) is 0 Å². The Labute approximate surface area is 91.9 Å². The van der Waals surface area contributed by atoms with Crippen molar-refractivity contribution in [3.63, 3.8) is 0 Å². The van der Waals surface area contributed by atoms with E-state index >= 15 is 0 Å². The van der Waals surface area contributed by atoms with Crippen LogP contribution in [-0.2, 0) is 5.54 Å². The monoisotopic (exact) mass is 207 g/mol. The van der Waals surface area contributed by atoms with E-state index in [1.807, 2.05) is 6.20 Å². The lowest BCUT2D eigenvalue weighted by Gasteiger charge is -2.23. The van der Waals surface area contributed by atoms with Crippen LogP contribution in [0, 0.1) is 0 Å². The molecular weight excluding hydrogens is 186 g/mol. The molecule has 1 saturated heterocycles. The molecule has 0 radical (unpaired) electrons. The van der Waals surface area contributed by atoms with Crippen LogP contribution in [0.25, 0.3) is 0 Å². The Morgan fingerprint density at radius 3 is 2.73 bits per heavy atom. The minimum Gasteiger partial charge on any atom is -0.310 e. The number of aromatic nitrogens is 2. The molecule has 1 aromatic heterocycles. The highest BCUT2D eigenvalue weighted by Gasteiger charge is 2.19. The third-order valence-electron chi connectivity index (χ3n) is 3.00. The van der Waals surface area contributed by atoms with Gasteiger partial charge < -0.3 is 5.32 Å². The third-order valence-corrected chi connectivity index (χ3v) is 3.00. The molecule has 0 aliphatic carbocycles. The lowest BCUT2D eigenvalue weighted by molar-refractivity contribution is 0.353. The van der Waals surface area contributed by atoms with E-state index in [0.717, 1.165) is 6.54 Å². The SMILES string of the molecule is CC(C)(C)n1cc(C2CCCCN2)cn1. The van der Waals surface area contributed by atoms with E-state index in [1.165, 1.54) is 24.8 Å². The molecule has 0 spiro atoms. The van der Waals surface area contributed by atoms with Crippen LogP contribution in [0.5, 0.6) is 0 Å². The summed E-state index contributed by atoms with van der Waals surface area (Å²) in [6.45, 7) is 7.68. The summed E-state index contributed by atoms with van der Waals surface area (Å²) >= 11 is 0. The number of rotatable bonds is 1. The highest BCUT2D eigenvalue weighted by molar-refractivity contribution is 5.12. The van der Waals surface area contributed by atoms with E-state index in [4.69, 9.17) is 0 Å². The van der Waals surface area contributed by atoms with Crippen molar-refractivity contribution in [3.05, 3.63) is 18.0 Å². The van der Waals surface area contributed by atoms with Crippen LogP contribution in [0.1, 0.15) is 51.6 Å². The Bertz CT molecular complexity index is 316. The first-order valence-corrected chi connectivity index (χ1v) is 5.86. The Balaban J connectivity index is 2.12. The molecule has 2 rings (SSSR count). The van der Waals surface area contributed by atoms with Crippen LogP contribution in [0.2, 0.25) is 0 Å². The largest absolute Gasteiger partial charge is 0.310 e. The van der Waals surface area contributed by atoms with Gasteiger partial charge in [-0.15, -0.1) is 0 Å². The summed E-state index contributed by atoms with van der Waals surface area (Å²) in [5, 5.41) is 7.99. The van der Waals surface area contributed by atoms with Gasteiger partial charge in [-0.05, 0) is 40.2 Å². The molecule has 0 amide bonds. The minimum atomic E-state index is 0.0902. The van der Waals surface area contributed by atoms with Crippen molar-refractivity contribution in [1.82, 2.24) is 15.1 Å². The fourth-order valence-electron chi connectivity index (χ4n) is 2.02. The first kappa shape index (κ1) is 10.7. The molecule has 1 fully saturated rings. The number of nitrogens with zero attached hydrogens (tertiary/aromatic N) is 2. The standard InChI is InChI=1S/C12H21N3/c1-12(2,3)15-9-10(8-14-15)11-6-4-5-7-13-11/h8-9,11,13H,4-7H2,1-3H3. The molecule has 1 aromatic rings. The van der Waals surface area contributed by atoms with Gasteiger partial charge in [0.05, 0.1) is 11.7 Å². The maximum Gasteiger partial charge on any atom is 0.0543 e. The Morgan fingerprint density at radius 2 is 2.20 bits per heavy atom. The second-order valence-corrected chi connectivity index (χ2v) is 5.39. The number of hydrogen-bond donors (Lipinski definition) is 1. The Kier molecular flexibility index (Phi) is 2.83. The second-order valence-electron chi connectivity index (χ2n) is 5.39. The first-order chi connectivity index (χ1) is 7.07. The lowest BCUT2D eigenvalue weighted by atomic mass is 10.0. The van der Waals surface area contributed by atoms with Crippen molar-refractivity contribution in [1.29, 1.82) is 0 Å². The zero-order valence-electron chi connectivity index (χ0n) is 9.95. The van der Waals surface area contributed by atoms with Crippen LogP contribution in [0.4, 0.5) is 0 Å². The highest BCUT2D eigenvalue weighted by Crippen LogP contribution is 2.24. The number of nitrogens with one attached hydrogen (secondary N) is 1. The summed E-state index contributed by atoms with van der Waals surface area (Å²) in [4.78, 5) is 0. The van der Waals surface area contributed by atoms with E-state index in [1.54, 1.807) is 0 Å². The maximum atomic E-state index is 4.44. The second kappa shape index (κ2) is 3.97. The van der Waals surface area contributed by atoms with Gasteiger partial charge in [0.25, 0.3) is 0 Å². The molecule has 1 N–H and O–H groups in total. The van der Waals surface area contributed by atoms with E-state index in [-0.39, 0.29) is 5.54 Å². The molecule has 3 nitrogen and oxygen atoms in total. The van der Waals surface area contributed by atoms with Crippen LogP contribution < -0.4 is 5.32 Å². The average molecular weight is 207 g/mol. The predicted octanol–water partition coefficient (Wildman–Crippen LogP) is 2.45. The highest BCUT2D eigenvalue weighted by atomic mass is 15.3. The molecule has 1 atom stereocenters. The fourth-order valence-corrected chi connectivity index (χ4v) is 2.02. The summed E-state index contributed by atoms with van der Waals surface area (Å²) in [7, 11) is 0. The van der Waals surface area contributed by atoms with Crippen LogP contribution in [-0.4, -0.2) is 16.3 Å². The zero-order valence-corrected chi connectivity index (χ0v) is 9.95. The molecule has 0 bridgehead atoms. The molecule has 0 saturated carbocycles. The summed E-state index contributed by atoms with van der Waals surface area (Å²) in [6, 6.07) is 0.523. The number of hydrogen-bond acceptors (Lipinski definition) is 2. The molecule has 0 aromatic carbocycles. The average Bonchev–Trinajstić information content (AvgIpc) is 2.67. The van der Waals surface area contributed by atoms with Gasteiger partial charge in [-0.25, -0.2) is 0 Å². The van der Waals surface area contributed by atoms with Crippen molar-refractivity contribution < 1.29 is 0 Å². The van der Waals surface area contributed by atoms with E-state index in [2.05, 4.69) is 42.1 Å². The Morgan fingerprint density at radius 1 is 1.40 bits per heavy atom. The molecule has 1 unspecified atom stereocenters. The van der Waals surface area contributed by atoms with Crippen molar-refractivity contribution in [2.24, 2.45) is 0 Å². The smallest absolute Gasteiger partial charge is 0.0543 e. The fraction of sp³-hybridized carbons (Fsp3) is 0.750. The number of piperidine rings is 1. The van der Waals surface area contributed by atoms with Gasteiger partial charge in [-0.3, -0.25) is 4.68 Å². The van der Waals surface area contributed by atoms with Gasteiger partial charge >= 0.3 is 0 Å². The van der Waals surface area contributed by atoms with Crippen molar-refractivity contribution in [2.75, 3.05) is 6.54 Å². The topological polar surface area (TPSA) is 29.9 Å². The van der Waals surface area contributed by atoms with Gasteiger partial charge in [0.2, 0.25) is 0 Å². The molecular formula is C12H21N3. The molecule has 2 heterocycles.